The molecule has 1 aliphatic carbocycles. The van der Waals surface area contributed by atoms with Gasteiger partial charge in [-0.2, -0.15) is 0 Å². The van der Waals surface area contributed by atoms with Crippen molar-refractivity contribution in [2.75, 3.05) is 6.61 Å². The molecule has 1 aromatic carbocycles. The van der Waals surface area contributed by atoms with Crippen molar-refractivity contribution < 1.29 is 13.9 Å². The number of allylic oxidation sites excluding steroid dienone is 4. The fourth-order valence-corrected chi connectivity index (χ4v) is 2.98. The number of carbonyl (C=O) groups is 1. The van der Waals surface area contributed by atoms with Crippen LogP contribution in [0.15, 0.2) is 53.0 Å². The molecule has 0 amide bonds. The molecule has 2 aromatic rings. The number of ether oxygens (including phenoxy) is 1. The Bertz CT molecular complexity index is 814. The lowest BCUT2D eigenvalue weighted by molar-refractivity contribution is -0.142. The molecule has 4 heteroatoms. The largest absolute Gasteiger partial charge is 0.466 e. The molecular weight excluding hydrogens is 314 g/mol. The van der Waals surface area contributed by atoms with Crippen LogP contribution in [0.1, 0.15) is 37.3 Å². The van der Waals surface area contributed by atoms with Crippen LogP contribution in [-0.4, -0.2) is 17.6 Å². The van der Waals surface area contributed by atoms with Crippen LogP contribution in [0.3, 0.4) is 0 Å². The van der Waals surface area contributed by atoms with Crippen LogP contribution in [0.5, 0.6) is 0 Å². The number of nitrogens with zero attached hydrogens (tertiary/aromatic N) is 1. The average Bonchev–Trinajstić information content (AvgIpc) is 3.01. The van der Waals surface area contributed by atoms with Crippen LogP contribution in [0.25, 0.3) is 11.5 Å². The molecule has 1 unspecified atom stereocenters. The van der Waals surface area contributed by atoms with Crippen molar-refractivity contribution in [1.29, 1.82) is 0 Å². The topological polar surface area (TPSA) is 52.3 Å². The first-order valence-electron chi connectivity index (χ1n) is 8.59. The summed E-state index contributed by atoms with van der Waals surface area (Å²) in [7, 11) is 0. The molecule has 0 N–H and O–H groups in total. The molecule has 0 radical (unpaired) electrons. The third-order valence-corrected chi connectivity index (χ3v) is 4.38. The predicted octanol–water partition coefficient (Wildman–Crippen LogP) is 4.53. The number of rotatable bonds is 5. The van der Waals surface area contributed by atoms with E-state index in [0.29, 0.717) is 18.2 Å². The second kappa shape index (κ2) is 7.09. The van der Waals surface area contributed by atoms with E-state index in [-0.39, 0.29) is 17.8 Å². The molecule has 130 valence electrons. The van der Waals surface area contributed by atoms with Gasteiger partial charge < -0.3 is 9.15 Å². The summed E-state index contributed by atoms with van der Waals surface area (Å²) in [6.07, 6.45) is 9.15. The van der Waals surface area contributed by atoms with Gasteiger partial charge in [0.25, 0.3) is 0 Å². The van der Waals surface area contributed by atoms with Gasteiger partial charge >= 0.3 is 5.97 Å². The standard InChI is InChI=1S/C21H23NO3/c1-4-24-18(23)14-17-19(21(3)12-6-5-7-13-21)25-20(22-17)16-10-8-15(2)9-11-16/h5-12H,4,13-14H2,1-3H3. The summed E-state index contributed by atoms with van der Waals surface area (Å²) >= 11 is 0. The van der Waals surface area contributed by atoms with Crippen molar-refractivity contribution in [1.82, 2.24) is 4.98 Å². The summed E-state index contributed by atoms with van der Waals surface area (Å²) in [5, 5.41) is 0. The minimum Gasteiger partial charge on any atom is -0.466 e. The zero-order chi connectivity index (χ0) is 17.9. The SMILES string of the molecule is CCOC(=O)Cc1nc(-c2ccc(C)cc2)oc1C1(C)C=CC=CC1. The first kappa shape index (κ1) is 17.2. The molecule has 25 heavy (non-hydrogen) atoms. The maximum absolute atomic E-state index is 12.0. The van der Waals surface area contributed by atoms with E-state index in [2.05, 4.69) is 24.1 Å². The summed E-state index contributed by atoms with van der Waals surface area (Å²) in [6, 6.07) is 8.01. The third kappa shape index (κ3) is 3.73. The van der Waals surface area contributed by atoms with Gasteiger partial charge in [0.05, 0.1) is 18.7 Å². The predicted molar refractivity (Wildman–Crippen MR) is 97.3 cm³/mol. The van der Waals surface area contributed by atoms with Crippen LogP contribution >= 0.6 is 0 Å². The van der Waals surface area contributed by atoms with Gasteiger partial charge in [-0.3, -0.25) is 4.79 Å². The maximum Gasteiger partial charge on any atom is 0.311 e. The van der Waals surface area contributed by atoms with Gasteiger partial charge in [0.1, 0.15) is 5.76 Å². The zero-order valence-electron chi connectivity index (χ0n) is 14.9. The van der Waals surface area contributed by atoms with Crippen molar-refractivity contribution >= 4 is 5.97 Å². The summed E-state index contributed by atoms with van der Waals surface area (Å²) in [6.45, 7) is 6.30. The molecule has 0 saturated heterocycles. The highest BCUT2D eigenvalue weighted by atomic mass is 16.5. The van der Waals surface area contributed by atoms with E-state index in [1.165, 1.54) is 5.56 Å². The summed E-state index contributed by atoms with van der Waals surface area (Å²) in [4.78, 5) is 16.6. The fraction of sp³-hybridized carbons (Fsp3) is 0.333. The Balaban J connectivity index is 2.01. The quantitative estimate of drug-likeness (QED) is 0.752. The molecule has 0 bridgehead atoms. The maximum atomic E-state index is 12.0. The van der Waals surface area contributed by atoms with E-state index >= 15 is 0 Å². The lowest BCUT2D eigenvalue weighted by atomic mass is 9.80. The zero-order valence-corrected chi connectivity index (χ0v) is 14.9. The number of esters is 1. The number of hydrogen-bond acceptors (Lipinski definition) is 4. The van der Waals surface area contributed by atoms with Crippen LogP contribution in [-0.2, 0) is 21.4 Å². The average molecular weight is 337 g/mol. The van der Waals surface area contributed by atoms with Crippen LogP contribution in [0, 0.1) is 6.92 Å². The highest BCUT2D eigenvalue weighted by Crippen LogP contribution is 2.37. The minimum atomic E-state index is -0.313. The van der Waals surface area contributed by atoms with E-state index in [0.717, 1.165) is 17.7 Å². The highest BCUT2D eigenvalue weighted by molar-refractivity contribution is 5.73. The number of benzene rings is 1. The van der Waals surface area contributed by atoms with Crippen LogP contribution in [0.2, 0.25) is 0 Å². The van der Waals surface area contributed by atoms with Gasteiger partial charge in [0.2, 0.25) is 5.89 Å². The second-order valence-electron chi connectivity index (χ2n) is 6.55. The van der Waals surface area contributed by atoms with Crippen LogP contribution in [0.4, 0.5) is 0 Å². The van der Waals surface area contributed by atoms with Gasteiger partial charge in [0, 0.05) is 11.0 Å². The Morgan fingerprint density at radius 2 is 2.04 bits per heavy atom. The Kier molecular flexibility index (Phi) is 4.88. The fourth-order valence-electron chi connectivity index (χ4n) is 2.98. The number of aromatic nitrogens is 1. The van der Waals surface area contributed by atoms with Crippen molar-refractivity contribution in [3.63, 3.8) is 0 Å². The Hall–Kier alpha value is -2.62. The minimum absolute atomic E-state index is 0.117. The van der Waals surface area contributed by atoms with E-state index in [9.17, 15) is 4.79 Å². The number of hydrogen-bond donors (Lipinski definition) is 0. The molecule has 1 aliphatic rings. The number of aryl methyl sites for hydroxylation is 1. The Morgan fingerprint density at radius 1 is 1.28 bits per heavy atom. The smallest absolute Gasteiger partial charge is 0.311 e. The molecule has 0 saturated carbocycles. The molecule has 0 fully saturated rings. The van der Waals surface area contributed by atoms with Gasteiger partial charge in [-0.25, -0.2) is 4.98 Å². The molecule has 4 nitrogen and oxygen atoms in total. The molecule has 1 heterocycles. The molecule has 3 rings (SSSR count). The van der Waals surface area contributed by atoms with Crippen LogP contribution < -0.4 is 0 Å². The summed E-state index contributed by atoms with van der Waals surface area (Å²) < 4.78 is 11.3. The third-order valence-electron chi connectivity index (χ3n) is 4.38. The van der Waals surface area contributed by atoms with Crippen molar-refractivity contribution in [2.45, 2.75) is 39.0 Å². The first-order valence-corrected chi connectivity index (χ1v) is 8.59. The van der Waals surface area contributed by atoms with Crippen molar-refractivity contribution in [3.8, 4) is 11.5 Å². The highest BCUT2D eigenvalue weighted by Gasteiger charge is 2.33. The normalized spacial score (nSPS) is 19.2. The van der Waals surface area contributed by atoms with Crippen molar-refractivity contribution in [3.05, 3.63) is 65.6 Å². The number of carbonyl (C=O) groups excluding carboxylic acids is 1. The number of oxazole rings is 1. The Morgan fingerprint density at radius 3 is 2.68 bits per heavy atom. The van der Waals surface area contributed by atoms with Crippen molar-refractivity contribution in [2.24, 2.45) is 0 Å². The summed E-state index contributed by atoms with van der Waals surface area (Å²) in [5.41, 5.74) is 2.42. The second-order valence-corrected chi connectivity index (χ2v) is 6.55. The molecule has 1 atom stereocenters. The molecular formula is C21H23NO3. The monoisotopic (exact) mass is 337 g/mol. The lowest BCUT2D eigenvalue weighted by Gasteiger charge is -2.24. The Labute approximate surface area is 148 Å². The molecule has 0 spiro atoms. The lowest BCUT2D eigenvalue weighted by Crippen LogP contribution is -2.22. The van der Waals surface area contributed by atoms with E-state index in [1.54, 1.807) is 6.92 Å². The summed E-state index contributed by atoms with van der Waals surface area (Å²) in [5.74, 6) is 0.988. The molecule has 1 aromatic heterocycles. The first-order chi connectivity index (χ1) is 12.0. The van der Waals surface area contributed by atoms with E-state index in [1.807, 2.05) is 43.3 Å². The van der Waals surface area contributed by atoms with Gasteiger partial charge in [-0.1, -0.05) is 42.0 Å². The van der Waals surface area contributed by atoms with Gasteiger partial charge in [-0.05, 0) is 39.3 Å². The molecule has 0 aliphatic heterocycles. The van der Waals surface area contributed by atoms with E-state index < -0.39 is 0 Å². The van der Waals surface area contributed by atoms with Gasteiger partial charge in [-0.15, -0.1) is 0 Å². The van der Waals surface area contributed by atoms with E-state index in [4.69, 9.17) is 9.15 Å². The van der Waals surface area contributed by atoms with Gasteiger partial charge in [0.15, 0.2) is 0 Å².